The van der Waals surface area contributed by atoms with E-state index in [1.807, 2.05) is 24.3 Å². The topological polar surface area (TPSA) is 32.8 Å². The summed E-state index contributed by atoms with van der Waals surface area (Å²) in [6.45, 7) is 4.33. The van der Waals surface area contributed by atoms with Gasteiger partial charge in [-0.1, -0.05) is 0 Å². The fourth-order valence-electron chi connectivity index (χ4n) is 3.46. The molecule has 4 nitrogen and oxygen atoms in total. The third-order valence-electron chi connectivity index (χ3n) is 4.64. The molecule has 3 rings (SSSR count). The van der Waals surface area contributed by atoms with Crippen molar-refractivity contribution < 1.29 is 9.53 Å². The molecule has 21 heavy (non-hydrogen) atoms. The number of rotatable bonds is 4. The summed E-state index contributed by atoms with van der Waals surface area (Å²) in [6.07, 6.45) is 4.87. The molecule has 114 valence electrons. The van der Waals surface area contributed by atoms with Gasteiger partial charge in [-0.25, -0.2) is 0 Å². The number of carbonyl (C=O) groups is 1. The Kier molecular flexibility index (Phi) is 4.44. The van der Waals surface area contributed by atoms with Crippen LogP contribution >= 0.6 is 0 Å². The molecule has 0 radical (unpaired) electrons. The molecule has 2 heterocycles. The maximum Gasteiger partial charge on any atom is 0.254 e. The Morgan fingerprint density at radius 3 is 2.52 bits per heavy atom. The minimum atomic E-state index is 0.166. The molecule has 2 fully saturated rings. The summed E-state index contributed by atoms with van der Waals surface area (Å²) in [5.41, 5.74) is 0.768. The zero-order chi connectivity index (χ0) is 14.7. The van der Waals surface area contributed by atoms with Gasteiger partial charge in [0.2, 0.25) is 0 Å². The van der Waals surface area contributed by atoms with E-state index in [0.717, 1.165) is 37.2 Å². The molecule has 0 bridgehead atoms. The van der Waals surface area contributed by atoms with Gasteiger partial charge in [0.25, 0.3) is 5.91 Å². The standard InChI is InChI=1S/C17H24N2O2/c1-21-16-8-6-14(7-9-16)17(20)19-12-4-5-15(19)13-18-10-2-3-11-18/h6-9,15H,2-5,10-13H2,1H3/t15-/m0/s1. The molecule has 1 aromatic rings. The highest BCUT2D eigenvalue weighted by Gasteiger charge is 2.31. The monoisotopic (exact) mass is 288 g/mol. The summed E-state index contributed by atoms with van der Waals surface area (Å²) in [4.78, 5) is 17.3. The number of benzene rings is 1. The Morgan fingerprint density at radius 2 is 1.86 bits per heavy atom. The average Bonchev–Trinajstić information content (AvgIpc) is 3.19. The van der Waals surface area contributed by atoms with Crippen molar-refractivity contribution in [2.24, 2.45) is 0 Å². The Balaban J connectivity index is 1.66. The largest absolute Gasteiger partial charge is 0.497 e. The van der Waals surface area contributed by atoms with Gasteiger partial charge < -0.3 is 14.5 Å². The Morgan fingerprint density at radius 1 is 1.14 bits per heavy atom. The zero-order valence-corrected chi connectivity index (χ0v) is 12.8. The first-order chi connectivity index (χ1) is 10.3. The number of hydrogen-bond acceptors (Lipinski definition) is 3. The van der Waals surface area contributed by atoms with Gasteiger partial charge in [-0.2, -0.15) is 0 Å². The molecule has 2 aliphatic heterocycles. The lowest BCUT2D eigenvalue weighted by Crippen LogP contribution is -2.42. The SMILES string of the molecule is COc1ccc(C(=O)N2CCC[C@H]2CN2CCCC2)cc1. The minimum absolute atomic E-state index is 0.166. The van der Waals surface area contributed by atoms with Gasteiger partial charge in [0, 0.05) is 24.7 Å². The van der Waals surface area contributed by atoms with Crippen LogP contribution in [0.3, 0.4) is 0 Å². The van der Waals surface area contributed by atoms with Crippen molar-refractivity contribution in [1.82, 2.24) is 9.80 Å². The first kappa shape index (κ1) is 14.4. The second-order valence-electron chi connectivity index (χ2n) is 6.03. The van der Waals surface area contributed by atoms with Crippen molar-refractivity contribution in [3.63, 3.8) is 0 Å². The van der Waals surface area contributed by atoms with Gasteiger partial charge in [0.15, 0.2) is 0 Å². The van der Waals surface area contributed by atoms with Crippen LogP contribution in [-0.2, 0) is 0 Å². The second kappa shape index (κ2) is 6.48. The van der Waals surface area contributed by atoms with E-state index < -0.39 is 0 Å². The van der Waals surface area contributed by atoms with Crippen molar-refractivity contribution in [3.8, 4) is 5.75 Å². The molecule has 0 N–H and O–H groups in total. The van der Waals surface area contributed by atoms with E-state index in [2.05, 4.69) is 9.80 Å². The summed E-state index contributed by atoms with van der Waals surface area (Å²) in [6, 6.07) is 7.84. The number of carbonyl (C=O) groups excluding carboxylic acids is 1. The van der Waals surface area contributed by atoms with E-state index in [9.17, 15) is 4.79 Å². The number of nitrogens with zero attached hydrogens (tertiary/aromatic N) is 2. The van der Waals surface area contributed by atoms with Crippen LogP contribution in [0.2, 0.25) is 0 Å². The maximum absolute atomic E-state index is 12.7. The fraction of sp³-hybridized carbons (Fsp3) is 0.588. The number of ether oxygens (including phenoxy) is 1. The van der Waals surface area contributed by atoms with Crippen LogP contribution in [0.1, 0.15) is 36.0 Å². The molecule has 0 saturated carbocycles. The molecule has 1 atom stereocenters. The molecule has 0 aromatic heterocycles. The van der Waals surface area contributed by atoms with Crippen LogP contribution in [-0.4, -0.2) is 55.0 Å². The third kappa shape index (κ3) is 3.21. The molecule has 0 spiro atoms. The second-order valence-corrected chi connectivity index (χ2v) is 6.03. The Labute approximate surface area is 126 Å². The van der Waals surface area contributed by atoms with Crippen LogP contribution in [0.15, 0.2) is 24.3 Å². The molecule has 0 unspecified atom stereocenters. The smallest absolute Gasteiger partial charge is 0.254 e. The minimum Gasteiger partial charge on any atom is -0.497 e. The quantitative estimate of drug-likeness (QED) is 0.853. The lowest BCUT2D eigenvalue weighted by Gasteiger charge is -2.28. The first-order valence-corrected chi connectivity index (χ1v) is 7.95. The molecular weight excluding hydrogens is 264 g/mol. The van der Waals surface area contributed by atoms with E-state index in [0.29, 0.717) is 6.04 Å². The zero-order valence-electron chi connectivity index (χ0n) is 12.8. The van der Waals surface area contributed by atoms with E-state index in [1.165, 1.54) is 25.9 Å². The molecule has 0 aliphatic carbocycles. The number of methoxy groups -OCH3 is 1. The normalized spacial score (nSPS) is 22.7. The van der Waals surface area contributed by atoms with Crippen molar-refractivity contribution >= 4 is 5.91 Å². The van der Waals surface area contributed by atoms with Crippen molar-refractivity contribution in [3.05, 3.63) is 29.8 Å². The Hall–Kier alpha value is -1.55. The average molecular weight is 288 g/mol. The molecule has 1 aromatic carbocycles. The van der Waals surface area contributed by atoms with Gasteiger partial charge in [0.05, 0.1) is 7.11 Å². The highest BCUT2D eigenvalue weighted by molar-refractivity contribution is 5.94. The summed E-state index contributed by atoms with van der Waals surface area (Å²) >= 11 is 0. The van der Waals surface area contributed by atoms with E-state index >= 15 is 0 Å². The van der Waals surface area contributed by atoms with Crippen LogP contribution < -0.4 is 4.74 Å². The van der Waals surface area contributed by atoms with Gasteiger partial charge in [0.1, 0.15) is 5.75 Å². The van der Waals surface area contributed by atoms with Crippen molar-refractivity contribution in [2.45, 2.75) is 31.7 Å². The highest BCUT2D eigenvalue weighted by Crippen LogP contribution is 2.23. The highest BCUT2D eigenvalue weighted by atomic mass is 16.5. The van der Waals surface area contributed by atoms with Crippen molar-refractivity contribution in [2.75, 3.05) is 33.3 Å². The Bertz CT molecular complexity index is 480. The summed E-state index contributed by atoms with van der Waals surface area (Å²) in [5, 5.41) is 0. The molecule has 2 aliphatic rings. The molecule has 4 heteroatoms. The fourth-order valence-corrected chi connectivity index (χ4v) is 3.46. The third-order valence-corrected chi connectivity index (χ3v) is 4.64. The maximum atomic E-state index is 12.7. The van der Waals surface area contributed by atoms with Gasteiger partial charge in [-0.3, -0.25) is 4.79 Å². The van der Waals surface area contributed by atoms with Gasteiger partial charge >= 0.3 is 0 Å². The number of amides is 1. The lowest BCUT2D eigenvalue weighted by molar-refractivity contribution is 0.0709. The lowest BCUT2D eigenvalue weighted by atomic mass is 10.1. The summed E-state index contributed by atoms with van der Waals surface area (Å²) in [5.74, 6) is 0.959. The van der Waals surface area contributed by atoms with Crippen LogP contribution in [0, 0.1) is 0 Å². The van der Waals surface area contributed by atoms with Crippen LogP contribution in [0.5, 0.6) is 5.75 Å². The number of likely N-dealkylation sites (tertiary alicyclic amines) is 2. The van der Waals surface area contributed by atoms with Gasteiger partial charge in [-0.15, -0.1) is 0 Å². The summed E-state index contributed by atoms with van der Waals surface area (Å²) in [7, 11) is 1.64. The molecular formula is C17H24N2O2. The first-order valence-electron chi connectivity index (χ1n) is 7.95. The molecule has 1 amide bonds. The van der Waals surface area contributed by atoms with E-state index in [4.69, 9.17) is 4.74 Å². The van der Waals surface area contributed by atoms with E-state index in [1.54, 1.807) is 7.11 Å². The molecule has 2 saturated heterocycles. The predicted molar refractivity (Wildman–Crippen MR) is 82.7 cm³/mol. The summed E-state index contributed by atoms with van der Waals surface area (Å²) < 4.78 is 5.15. The van der Waals surface area contributed by atoms with Crippen LogP contribution in [0.25, 0.3) is 0 Å². The van der Waals surface area contributed by atoms with E-state index in [-0.39, 0.29) is 5.91 Å². The van der Waals surface area contributed by atoms with Gasteiger partial charge in [-0.05, 0) is 63.0 Å². The number of hydrogen-bond donors (Lipinski definition) is 0. The van der Waals surface area contributed by atoms with Crippen molar-refractivity contribution in [1.29, 1.82) is 0 Å². The van der Waals surface area contributed by atoms with Crippen LogP contribution in [0.4, 0.5) is 0 Å². The predicted octanol–water partition coefficient (Wildman–Crippen LogP) is 2.40.